The summed E-state index contributed by atoms with van der Waals surface area (Å²) in [5.74, 6) is -59.2. The van der Waals surface area contributed by atoms with Crippen molar-refractivity contribution in [3.8, 4) is 0 Å². The molecule has 20 nitrogen and oxygen atoms in total. The first kappa shape index (κ1) is 103. The van der Waals surface area contributed by atoms with Crippen molar-refractivity contribution in [3.05, 3.63) is 11.9 Å². The van der Waals surface area contributed by atoms with Gasteiger partial charge in [0.2, 0.25) is 6.43 Å². The Morgan fingerprint density at radius 3 is 1.05 bits per heavy atom. The molecule has 1 aromatic heterocycles. The SMILES string of the molecule is CC1(C)OCC(COCC(COCC2COC(C)(C)O2)OCC(COC(COCC2COC(C)(C)O2)COCC2COC(C)(C)O2)OCc2cn(C(COCCCCCCCCCCCSCCC(F)F)COCCCCCCCCCCCSCCC(F)(F)C(F)(F)C(F)(F)C(F)(F)C(F)(F)C(F)(F)C(F)(F)C(F)(F)F)nn2)O1. The van der Waals surface area contributed by atoms with Crippen molar-refractivity contribution in [3.63, 3.8) is 0 Å². The van der Waals surface area contributed by atoms with Crippen LogP contribution in [0.25, 0.3) is 0 Å². The molecule has 115 heavy (non-hydrogen) atoms. The molecule has 0 aromatic carbocycles. The number of rotatable bonds is 66. The van der Waals surface area contributed by atoms with Crippen LogP contribution in [0, 0.1) is 0 Å². The third-order valence-electron chi connectivity index (χ3n) is 18.7. The van der Waals surface area contributed by atoms with Gasteiger partial charge < -0.3 is 80.5 Å². The van der Waals surface area contributed by atoms with E-state index in [0.717, 1.165) is 89.2 Å². The number of hydrogen-bond acceptors (Lipinski definition) is 21. The van der Waals surface area contributed by atoms with E-state index < -0.39 is 114 Å². The molecule has 4 aliphatic heterocycles. The Kier molecular flexibility index (Phi) is 43.8. The number of unbranched alkanes of at least 4 members (excludes halogenated alkanes) is 16. The number of halogens is 19. The molecule has 5 rings (SSSR count). The van der Waals surface area contributed by atoms with Crippen molar-refractivity contribution in [2.45, 2.75) is 316 Å². The summed E-state index contributed by atoms with van der Waals surface area (Å²) >= 11 is 2.00. The van der Waals surface area contributed by atoms with Crippen LogP contribution in [0.3, 0.4) is 0 Å². The lowest BCUT2D eigenvalue weighted by molar-refractivity contribution is -0.461. The van der Waals surface area contributed by atoms with Gasteiger partial charge in [-0.25, -0.2) is 13.5 Å². The second-order valence-electron chi connectivity index (χ2n) is 31.0. The number of hydrogen-bond donors (Lipinski definition) is 0. The van der Waals surface area contributed by atoms with Crippen molar-refractivity contribution >= 4 is 23.5 Å². The fourth-order valence-corrected chi connectivity index (χ4v) is 14.2. The van der Waals surface area contributed by atoms with Crippen LogP contribution in [-0.4, -0.2) is 277 Å². The van der Waals surface area contributed by atoms with Gasteiger partial charge in [-0.2, -0.15) is 98.2 Å². The number of aromatic nitrogens is 3. The average molecular weight is 1750 g/mol. The van der Waals surface area contributed by atoms with E-state index in [9.17, 15) is 83.4 Å². The second-order valence-corrected chi connectivity index (χ2v) is 33.4. The molecule has 5 unspecified atom stereocenters. The number of nitrogens with zero attached hydrogens (tertiary/aromatic N) is 3. The minimum absolute atomic E-state index is 0.00555. The van der Waals surface area contributed by atoms with E-state index in [1.54, 1.807) is 22.6 Å². The molecule has 0 radical (unpaired) electrons. The topological polar surface area (TPSA) is 188 Å². The van der Waals surface area contributed by atoms with Crippen molar-refractivity contribution < 1.29 is 164 Å². The second kappa shape index (κ2) is 48.8. The fraction of sp³-hybridized carbons (Fsp3) is 0.973. The highest BCUT2D eigenvalue weighted by molar-refractivity contribution is 7.99. The number of ether oxygens (including phenoxy) is 17. The molecular formula is C74H120F19N3O17S2. The zero-order valence-corrected chi connectivity index (χ0v) is 68.6. The molecule has 4 aliphatic rings. The predicted octanol–water partition coefficient (Wildman–Crippen LogP) is 17.7. The van der Waals surface area contributed by atoms with Crippen LogP contribution < -0.4 is 0 Å². The average Bonchev–Trinajstić information content (AvgIpc) is 1.60. The lowest BCUT2D eigenvalue weighted by atomic mass is 9.88. The zero-order chi connectivity index (χ0) is 85.3. The van der Waals surface area contributed by atoms with E-state index in [4.69, 9.17) is 80.5 Å². The van der Waals surface area contributed by atoms with Crippen molar-refractivity contribution in [1.82, 2.24) is 15.0 Å². The Morgan fingerprint density at radius 2 is 0.713 bits per heavy atom. The molecule has 678 valence electrons. The molecule has 4 fully saturated rings. The Bertz CT molecular complexity index is 2660. The minimum Gasteiger partial charge on any atom is -0.379 e. The van der Waals surface area contributed by atoms with Crippen molar-refractivity contribution in [2.75, 3.05) is 142 Å². The molecule has 1 aromatic rings. The molecule has 5 atom stereocenters. The molecule has 0 saturated carbocycles. The maximum Gasteiger partial charge on any atom is 0.460 e. The maximum absolute atomic E-state index is 14.4. The van der Waals surface area contributed by atoms with Crippen LogP contribution in [-0.2, 0) is 87.1 Å². The first-order chi connectivity index (χ1) is 53.8. The van der Waals surface area contributed by atoms with Gasteiger partial charge in [-0.05, 0) is 104 Å². The summed E-state index contributed by atoms with van der Waals surface area (Å²) in [6.45, 7) is 18.7. The fourth-order valence-electron chi connectivity index (χ4n) is 12.2. The number of thioether (sulfide) groups is 2. The first-order valence-corrected chi connectivity index (χ1v) is 41.7. The summed E-state index contributed by atoms with van der Waals surface area (Å²) in [7, 11) is 0. The summed E-state index contributed by atoms with van der Waals surface area (Å²) in [4.78, 5) is 0. The summed E-state index contributed by atoms with van der Waals surface area (Å²) in [5.41, 5.74) is 0.471. The van der Waals surface area contributed by atoms with Crippen LogP contribution in [0.4, 0.5) is 83.4 Å². The Morgan fingerprint density at radius 1 is 0.391 bits per heavy atom. The molecular weight excluding hydrogens is 1630 g/mol. The highest BCUT2D eigenvalue weighted by atomic mass is 32.2. The largest absolute Gasteiger partial charge is 0.460 e. The van der Waals surface area contributed by atoms with Crippen LogP contribution in [0.2, 0.25) is 0 Å². The summed E-state index contributed by atoms with van der Waals surface area (Å²) < 4.78 is 363. The zero-order valence-electron chi connectivity index (χ0n) is 67.0. The Hall–Kier alpha value is -2.17. The van der Waals surface area contributed by atoms with Gasteiger partial charge >= 0.3 is 47.6 Å². The van der Waals surface area contributed by atoms with Gasteiger partial charge in [0.15, 0.2) is 23.1 Å². The summed E-state index contributed by atoms with van der Waals surface area (Å²) in [6.07, 6.45) is 1.21. The summed E-state index contributed by atoms with van der Waals surface area (Å²) in [6, 6.07) is -0.411. The quantitative estimate of drug-likeness (QED) is 0.0442. The van der Waals surface area contributed by atoms with Crippen LogP contribution in [0.1, 0.15) is 196 Å². The molecule has 0 aliphatic carbocycles. The van der Waals surface area contributed by atoms with E-state index in [2.05, 4.69) is 10.3 Å². The van der Waals surface area contributed by atoms with Crippen molar-refractivity contribution in [2.24, 2.45) is 0 Å². The highest BCUT2D eigenvalue weighted by Gasteiger charge is 2.95. The third-order valence-corrected chi connectivity index (χ3v) is 20.9. The monoisotopic (exact) mass is 1750 g/mol. The predicted molar refractivity (Wildman–Crippen MR) is 385 cm³/mol. The normalized spacial score (nSPS) is 21.5. The molecule has 5 heterocycles. The van der Waals surface area contributed by atoms with E-state index in [0.29, 0.717) is 88.5 Å². The Balaban J connectivity index is 1.15. The lowest BCUT2D eigenvalue weighted by Gasteiger charge is -2.42. The van der Waals surface area contributed by atoms with E-state index >= 15 is 0 Å². The van der Waals surface area contributed by atoms with Gasteiger partial charge in [-0.1, -0.05) is 95.1 Å². The van der Waals surface area contributed by atoms with Crippen LogP contribution >= 0.6 is 23.5 Å². The van der Waals surface area contributed by atoms with Crippen LogP contribution in [0.15, 0.2) is 6.20 Å². The summed E-state index contributed by atoms with van der Waals surface area (Å²) in [5, 5.41) is 8.99. The van der Waals surface area contributed by atoms with Gasteiger partial charge in [0.1, 0.15) is 54.5 Å². The molecule has 4 saturated heterocycles. The minimum atomic E-state index is -8.65. The molecule has 0 N–H and O–H groups in total. The molecule has 0 spiro atoms. The number of alkyl halides is 19. The Labute approximate surface area is 670 Å². The van der Waals surface area contributed by atoms with Crippen molar-refractivity contribution in [1.29, 1.82) is 0 Å². The molecule has 41 heteroatoms. The highest BCUT2D eigenvalue weighted by Crippen LogP contribution is 2.64. The lowest BCUT2D eigenvalue weighted by Crippen LogP contribution is -2.74. The third kappa shape index (κ3) is 35.2. The smallest absolute Gasteiger partial charge is 0.379 e. The first-order valence-electron chi connectivity index (χ1n) is 39.4. The van der Waals surface area contributed by atoms with Crippen LogP contribution in [0.5, 0.6) is 0 Å². The molecule has 0 amide bonds. The van der Waals surface area contributed by atoms with E-state index in [-0.39, 0.29) is 129 Å². The van der Waals surface area contributed by atoms with Gasteiger partial charge in [0, 0.05) is 26.1 Å². The van der Waals surface area contributed by atoms with Gasteiger partial charge in [-0.15, -0.1) is 5.10 Å². The van der Waals surface area contributed by atoms with Gasteiger partial charge in [-0.3, -0.25) is 0 Å². The van der Waals surface area contributed by atoms with Gasteiger partial charge in [0.25, 0.3) is 0 Å². The standard InChI is InChI=1S/C74H120F19N3O17S2/c1-63(2)106-49-58(110-63)43-99-39-55(40-100-44-59-50-107-64(3,4)111-59)104-47-57(48-105-56(41-101-45-60-51-108-65(5,6)112-60)42-102-46-61-52-109-66(7,8)113-61)103-36-53-35-96(95-94-53)54(37-97-29-23-19-15-11-9-13-17-21-25-31-114-33-27-62(75)76)38-98-30-24-20-16-12-10-14-18-22-26-32-115-34-28-67(77,78)68(79,80)69(81,82)70(83,84)71(85,86)72(87,88)73(89,90)74(91,92)93/h35,54-62H,9-34,36-52H2,1-8H3. The maximum atomic E-state index is 14.4. The van der Waals surface area contributed by atoms with E-state index in [1.165, 1.54) is 0 Å². The van der Waals surface area contributed by atoms with E-state index in [1.807, 2.05) is 55.4 Å². The van der Waals surface area contributed by atoms with Gasteiger partial charge in [0.05, 0.1) is 119 Å². The molecule has 0 bridgehead atoms.